The standard InChI is InChI=1S/C14H24N2/c1-10-6-7-11(2)13(8-10)12(3)14(9-15)16(4)5/h6-8,12,14H,9,15H2,1-5H3. The molecule has 16 heavy (non-hydrogen) atoms. The molecule has 0 bridgehead atoms. The number of rotatable bonds is 4. The fraction of sp³-hybridized carbons (Fsp3) is 0.571. The van der Waals surface area contributed by atoms with Crippen molar-refractivity contribution in [2.75, 3.05) is 20.6 Å². The molecule has 2 N–H and O–H groups in total. The lowest BCUT2D eigenvalue weighted by Crippen LogP contribution is -2.39. The van der Waals surface area contributed by atoms with Crippen molar-refractivity contribution in [2.45, 2.75) is 32.7 Å². The van der Waals surface area contributed by atoms with Crippen molar-refractivity contribution < 1.29 is 0 Å². The van der Waals surface area contributed by atoms with E-state index in [1.54, 1.807) is 0 Å². The smallest absolute Gasteiger partial charge is 0.0278 e. The highest BCUT2D eigenvalue weighted by molar-refractivity contribution is 5.34. The molecule has 0 radical (unpaired) electrons. The van der Waals surface area contributed by atoms with Gasteiger partial charge in [-0.15, -0.1) is 0 Å². The number of hydrogen-bond acceptors (Lipinski definition) is 2. The van der Waals surface area contributed by atoms with Crippen molar-refractivity contribution in [3.8, 4) is 0 Å². The lowest BCUT2D eigenvalue weighted by molar-refractivity contribution is 0.266. The molecule has 2 unspecified atom stereocenters. The molecule has 2 heteroatoms. The summed E-state index contributed by atoms with van der Waals surface area (Å²) in [7, 11) is 4.19. The van der Waals surface area contributed by atoms with Crippen molar-refractivity contribution >= 4 is 0 Å². The van der Waals surface area contributed by atoms with E-state index in [2.05, 4.69) is 58.0 Å². The third-order valence-electron chi connectivity index (χ3n) is 3.41. The molecule has 0 aliphatic heterocycles. The normalized spacial score (nSPS) is 15.2. The largest absolute Gasteiger partial charge is 0.329 e. The van der Waals surface area contributed by atoms with Gasteiger partial charge in [-0.25, -0.2) is 0 Å². The van der Waals surface area contributed by atoms with Crippen molar-refractivity contribution in [2.24, 2.45) is 5.73 Å². The molecule has 0 aliphatic rings. The monoisotopic (exact) mass is 220 g/mol. The van der Waals surface area contributed by atoms with Crippen molar-refractivity contribution in [3.63, 3.8) is 0 Å². The first kappa shape index (κ1) is 13.2. The molecule has 0 fully saturated rings. The summed E-state index contributed by atoms with van der Waals surface area (Å²) in [6.45, 7) is 7.28. The second-order valence-corrected chi connectivity index (χ2v) is 4.92. The third kappa shape index (κ3) is 2.83. The number of benzene rings is 1. The molecule has 2 nitrogen and oxygen atoms in total. The molecular weight excluding hydrogens is 196 g/mol. The predicted molar refractivity (Wildman–Crippen MR) is 70.9 cm³/mol. The Morgan fingerprint density at radius 1 is 1.25 bits per heavy atom. The molecule has 1 aromatic carbocycles. The molecule has 0 saturated heterocycles. The van der Waals surface area contributed by atoms with Gasteiger partial charge in [0.05, 0.1) is 0 Å². The van der Waals surface area contributed by atoms with Gasteiger partial charge < -0.3 is 10.6 Å². The molecule has 90 valence electrons. The van der Waals surface area contributed by atoms with Crippen LogP contribution in [0.2, 0.25) is 0 Å². The summed E-state index contributed by atoms with van der Waals surface area (Å²) >= 11 is 0. The van der Waals surface area contributed by atoms with Crippen molar-refractivity contribution in [1.82, 2.24) is 4.90 Å². The van der Waals surface area contributed by atoms with Gasteiger partial charge in [0, 0.05) is 12.6 Å². The number of nitrogens with two attached hydrogens (primary N) is 1. The van der Waals surface area contributed by atoms with Crippen LogP contribution >= 0.6 is 0 Å². The minimum absolute atomic E-state index is 0.403. The van der Waals surface area contributed by atoms with Crippen molar-refractivity contribution in [3.05, 3.63) is 34.9 Å². The topological polar surface area (TPSA) is 29.3 Å². The Morgan fingerprint density at radius 3 is 2.38 bits per heavy atom. The number of aryl methyl sites for hydroxylation is 2. The number of likely N-dealkylation sites (N-methyl/N-ethyl adjacent to an activating group) is 1. The minimum Gasteiger partial charge on any atom is -0.329 e. The van der Waals surface area contributed by atoms with Gasteiger partial charge in [0.2, 0.25) is 0 Å². The molecule has 0 saturated carbocycles. The van der Waals surface area contributed by atoms with Gasteiger partial charge in [-0.1, -0.05) is 30.7 Å². The summed E-state index contributed by atoms with van der Waals surface area (Å²) in [6, 6.07) is 7.05. The van der Waals surface area contributed by atoms with Crippen LogP contribution in [0.25, 0.3) is 0 Å². The quantitative estimate of drug-likeness (QED) is 0.843. The SMILES string of the molecule is Cc1ccc(C)c(C(C)C(CN)N(C)C)c1. The molecule has 0 amide bonds. The van der Waals surface area contributed by atoms with Gasteiger partial charge in [0.1, 0.15) is 0 Å². The second kappa shape index (κ2) is 5.46. The zero-order chi connectivity index (χ0) is 12.3. The van der Waals surface area contributed by atoms with E-state index < -0.39 is 0 Å². The van der Waals surface area contributed by atoms with Crippen LogP contribution < -0.4 is 5.73 Å². The fourth-order valence-electron chi connectivity index (χ4n) is 2.32. The summed E-state index contributed by atoms with van der Waals surface area (Å²) in [5, 5.41) is 0. The Bertz CT molecular complexity index is 345. The Hall–Kier alpha value is -0.860. The predicted octanol–water partition coefficient (Wildman–Crippen LogP) is 2.30. The van der Waals surface area contributed by atoms with Crippen LogP contribution in [-0.4, -0.2) is 31.6 Å². The van der Waals surface area contributed by atoms with Crippen LogP contribution in [0, 0.1) is 13.8 Å². The van der Waals surface area contributed by atoms with E-state index in [0.29, 0.717) is 18.5 Å². The molecule has 1 rings (SSSR count). The molecule has 1 aromatic rings. The Balaban J connectivity index is 3.02. The number of hydrogen-bond donors (Lipinski definition) is 1. The van der Waals surface area contributed by atoms with Gasteiger partial charge in [-0.2, -0.15) is 0 Å². The molecular formula is C14H24N2. The van der Waals surface area contributed by atoms with E-state index in [-0.39, 0.29) is 0 Å². The van der Waals surface area contributed by atoms with Gasteiger partial charge in [0.15, 0.2) is 0 Å². The van der Waals surface area contributed by atoms with E-state index >= 15 is 0 Å². The lowest BCUT2D eigenvalue weighted by atomic mass is 9.88. The fourth-order valence-corrected chi connectivity index (χ4v) is 2.32. The van der Waals surface area contributed by atoms with Gasteiger partial charge in [-0.3, -0.25) is 0 Å². The molecule has 0 aromatic heterocycles. The second-order valence-electron chi connectivity index (χ2n) is 4.92. The number of nitrogens with zero attached hydrogens (tertiary/aromatic N) is 1. The zero-order valence-corrected chi connectivity index (χ0v) is 11.1. The van der Waals surface area contributed by atoms with Crippen molar-refractivity contribution in [1.29, 1.82) is 0 Å². The van der Waals surface area contributed by atoms with Crippen LogP contribution in [0.5, 0.6) is 0 Å². The summed E-state index contributed by atoms with van der Waals surface area (Å²) < 4.78 is 0. The molecule has 0 spiro atoms. The Kier molecular flexibility index (Phi) is 4.51. The Labute approximate surface area is 99.5 Å². The highest BCUT2D eigenvalue weighted by atomic mass is 15.1. The summed E-state index contributed by atoms with van der Waals surface area (Å²) in [6.07, 6.45) is 0. The first-order valence-electron chi connectivity index (χ1n) is 5.91. The van der Waals surface area contributed by atoms with Gasteiger partial charge >= 0.3 is 0 Å². The van der Waals surface area contributed by atoms with Crippen LogP contribution in [0.15, 0.2) is 18.2 Å². The van der Waals surface area contributed by atoms with Crippen LogP contribution in [0.4, 0.5) is 0 Å². The average Bonchev–Trinajstić information content (AvgIpc) is 2.22. The molecule has 0 aliphatic carbocycles. The van der Waals surface area contributed by atoms with E-state index in [9.17, 15) is 0 Å². The first-order valence-corrected chi connectivity index (χ1v) is 5.91. The zero-order valence-electron chi connectivity index (χ0n) is 11.1. The van der Waals surface area contributed by atoms with Crippen LogP contribution in [0.3, 0.4) is 0 Å². The maximum Gasteiger partial charge on any atom is 0.0278 e. The Morgan fingerprint density at radius 2 is 1.88 bits per heavy atom. The minimum atomic E-state index is 0.403. The van der Waals surface area contributed by atoms with E-state index in [4.69, 9.17) is 5.73 Å². The maximum absolute atomic E-state index is 5.86. The van der Waals surface area contributed by atoms with Crippen LogP contribution in [0.1, 0.15) is 29.5 Å². The van der Waals surface area contributed by atoms with E-state index in [0.717, 1.165) is 0 Å². The highest BCUT2D eigenvalue weighted by Crippen LogP contribution is 2.25. The average molecular weight is 220 g/mol. The van der Waals surface area contributed by atoms with Gasteiger partial charge in [-0.05, 0) is 45.0 Å². The first-order chi connectivity index (χ1) is 7.47. The summed E-state index contributed by atoms with van der Waals surface area (Å²) in [4.78, 5) is 2.21. The molecule has 2 atom stereocenters. The summed E-state index contributed by atoms with van der Waals surface area (Å²) in [5.41, 5.74) is 9.96. The van der Waals surface area contributed by atoms with Crippen LogP contribution in [-0.2, 0) is 0 Å². The summed E-state index contributed by atoms with van der Waals surface area (Å²) in [5.74, 6) is 0.472. The highest BCUT2D eigenvalue weighted by Gasteiger charge is 2.20. The van der Waals surface area contributed by atoms with Gasteiger partial charge in [0.25, 0.3) is 0 Å². The van der Waals surface area contributed by atoms with E-state index in [1.807, 2.05) is 0 Å². The van der Waals surface area contributed by atoms with E-state index in [1.165, 1.54) is 16.7 Å². The molecule has 0 heterocycles. The lowest BCUT2D eigenvalue weighted by Gasteiger charge is -2.30. The maximum atomic E-state index is 5.86. The third-order valence-corrected chi connectivity index (χ3v) is 3.41.